The topological polar surface area (TPSA) is 79.4 Å². The minimum atomic E-state index is -4.58. The number of hydrogen-bond acceptors (Lipinski definition) is 6. The van der Waals surface area contributed by atoms with Gasteiger partial charge >= 0.3 is 12.3 Å². The molecule has 0 spiro atoms. The molecule has 0 radical (unpaired) electrons. The number of cyclic esters (lactones) is 1. The summed E-state index contributed by atoms with van der Waals surface area (Å²) in [7, 11) is 0. The number of para-hydroxylation sites is 1. The normalized spacial score (nSPS) is 16.7. The van der Waals surface area contributed by atoms with Gasteiger partial charge in [0.1, 0.15) is 11.4 Å². The van der Waals surface area contributed by atoms with Crippen LogP contribution in [0, 0.1) is 0 Å². The van der Waals surface area contributed by atoms with Crippen LogP contribution >= 0.6 is 0 Å². The van der Waals surface area contributed by atoms with E-state index in [4.69, 9.17) is 4.74 Å². The Kier molecular flexibility index (Phi) is 6.15. The Morgan fingerprint density at radius 2 is 2.03 bits per heavy atom. The lowest BCUT2D eigenvalue weighted by molar-refractivity contribution is -0.137. The number of hydrogen-bond donors (Lipinski definition) is 2. The number of rotatable bonds is 8. The van der Waals surface area contributed by atoms with Crippen LogP contribution in [0.3, 0.4) is 0 Å². The minimum Gasteiger partial charge on any atom is -0.449 e. The quantitative estimate of drug-likeness (QED) is 0.582. The van der Waals surface area contributed by atoms with Crippen molar-refractivity contribution >= 4 is 23.5 Å². The van der Waals surface area contributed by atoms with E-state index in [1.54, 1.807) is 4.90 Å². The molecule has 10 heteroatoms. The third-order valence-electron chi connectivity index (χ3n) is 5.27. The summed E-state index contributed by atoms with van der Waals surface area (Å²) in [6, 6.07) is 7.69. The molecule has 7 nitrogen and oxygen atoms in total. The number of nitrogens with one attached hydrogen (secondary N) is 2. The highest BCUT2D eigenvalue weighted by atomic mass is 19.4. The summed E-state index contributed by atoms with van der Waals surface area (Å²) in [4.78, 5) is 21.2. The van der Waals surface area contributed by atoms with Crippen LogP contribution in [0.2, 0.25) is 0 Å². The molecule has 0 atom stereocenters. The number of carbonyl (C=O) groups excluding carboxylic acids is 1. The van der Waals surface area contributed by atoms with E-state index in [0.29, 0.717) is 32.0 Å². The zero-order valence-corrected chi connectivity index (χ0v) is 16.9. The molecule has 0 unspecified atom stereocenters. The maximum absolute atomic E-state index is 13.4. The predicted octanol–water partition coefficient (Wildman–Crippen LogP) is 4.76. The highest BCUT2D eigenvalue weighted by Gasteiger charge is 2.35. The Balaban J connectivity index is 1.44. The summed E-state index contributed by atoms with van der Waals surface area (Å²) in [6.45, 7) is 1.62. The van der Waals surface area contributed by atoms with Crippen molar-refractivity contribution < 1.29 is 22.7 Å². The standard InChI is InChI=1S/C21H24F3N5O2/c22-21(23,24)16-13-26-19(27-17-6-2-1-5-15(17)14-7-8-14)28-18(16)25-9-3-10-29-11-4-12-31-20(29)30/h1-2,5-6,13-14H,3-4,7-12H2,(H2,25,26,27,28). The molecule has 0 bridgehead atoms. The summed E-state index contributed by atoms with van der Waals surface area (Å²) in [5.74, 6) is 0.288. The van der Waals surface area contributed by atoms with Crippen LogP contribution in [0.15, 0.2) is 30.5 Å². The van der Waals surface area contributed by atoms with Gasteiger partial charge in [-0.25, -0.2) is 9.78 Å². The molecule has 166 valence electrons. The summed E-state index contributed by atoms with van der Waals surface area (Å²) in [6.07, 6.45) is -0.758. The van der Waals surface area contributed by atoms with Gasteiger partial charge in [-0.3, -0.25) is 0 Å². The van der Waals surface area contributed by atoms with E-state index in [1.807, 2.05) is 24.3 Å². The third-order valence-corrected chi connectivity index (χ3v) is 5.27. The maximum Gasteiger partial charge on any atom is 0.421 e. The molecule has 2 aliphatic rings. The molecule has 2 aromatic rings. The Hall–Kier alpha value is -3.04. The monoisotopic (exact) mass is 435 g/mol. The van der Waals surface area contributed by atoms with Crippen molar-refractivity contribution in [3.8, 4) is 0 Å². The highest BCUT2D eigenvalue weighted by molar-refractivity contribution is 5.68. The number of benzene rings is 1. The number of amides is 1. The molecule has 1 saturated carbocycles. The fourth-order valence-corrected chi connectivity index (χ4v) is 3.54. The molecule has 1 saturated heterocycles. The summed E-state index contributed by atoms with van der Waals surface area (Å²) >= 11 is 0. The average Bonchev–Trinajstić information content (AvgIpc) is 3.57. The molecule has 1 amide bonds. The lowest BCUT2D eigenvalue weighted by Gasteiger charge is -2.26. The van der Waals surface area contributed by atoms with E-state index in [0.717, 1.165) is 36.7 Å². The maximum atomic E-state index is 13.4. The van der Waals surface area contributed by atoms with Crippen LogP contribution in [0.5, 0.6) is 0 Å². The van der Waals surface area contributed by atoms with Gasteiger partial charge in [0.05, 0.1) is 6.61 Å². The van der Waals surface area contributed by atoms with E-state index in [-0.39, 0.29) is 24.4 Å². The Labute approximate surface area is 178 Å². The lowest BCUT2D eigenvalue weighted by atomic mass is 10.1. The van der Waals surface area contributed by atoms with Crippen LogP contribution in [-0.4, -0.2) is 47.2 Å². The molecule has 1 aromatic carbocycles. The van der Waals surface area contributed by atoms with E-state index in [1.165, 1.54) is 0 Å². The van der Waals surface area contributed by atoms with Crippen LogP contribution in [-0.2, 0) is 10.9 Å². The molecule has 1 aromatic heterocycles. The van der Waals surface area contributed by atoms with Gasteiger partial charge in [-0.1, -0.05) is 18.2 Å². The van der Waals surface area contributed by atoms with Crippen molar-refractivity contribution in [1.29, 1.82) is 0 Å². The van der Waals surface area contributed by atoms with Crippen LogP contribution < -0.4 is 10.6 Å². The molecular formula is C21H24F3N5O2. The number of halogens is 3. The first-order valence-electron chi connectivity index (χ1n) is 10.4. The Bertz CT molecular complexity index is 933. The van der Waals surface area contributed by atoms with Gasteiger partial charge in [-0.2, -0.15) is 18.2 Å². The van der Waals surface area contributed by atoms with Crippen LogP contribution in [0.4, 0.5) is 35.4 Å². The van der Waals surface area contributed by atoms with Crippen LogP contribution in [0.1, 0.15) is 42.7 Å². The highest BCUT2D eigenvalue weighted by Crippen LogP contribution is 2.43. The zero-order chi connectivity index (χ0) is 21.8. The zero-order valence-electron chi connectivity index (χ0n) is 16.9. The number of carbonyl (C=O) groups is 1. The average molecular weight is 435 g/mol. The first-order valence-corrected chi connectivity index (χ1v) is 10.4. The second-order valence-electron chi connectivity index (χ2n) is 7.68. The van der Waals surface area contributed by atoms with Crippen molar-refractivity contribution in [3.05, 3.63) is 41.6 Å². The van der Waals surface area contributed by atoms with Crippen LogP contribution in [0.25, 0.3) is 0 Å². The van der Waals surface area contributed by atoms with Gasteiger partial charge in [0.2, 0.25) is 5.95 Å². The van der Waals surface area contributed by atoms with Gasteiger partial charge < -0.3 is 20.3 Å². The fourth-order valence-electron chi connectivity index (χ4n) is 3.54. The summed E-state index contributed by atoms with van der Waals surface area (Å²) < 4.78 is 45.2. The van der Waals surface area contributed by atoms with Gasteiger partial charge in [-0.15, -0.1) is 0 Å². The number of ether oxygens (including phenoxy) is 1. The second kappa shape index (κ2) is 8.99. The number of nitrogens with zero attached hydrogens (tertiary/aromatic N) is 3. The lowest BCUT2D eigenvalue weighted by Crippen LogP contribution is -2.38. The third kappa shape index (κ3) is 5.36. The predicted molar refractivity (Wildman–Crippen MR) is 109 cm³/mol. The van der Waals surface area contributed by atoms with Crippen molar-refractivity contribution in [1.82, 2.24) is 14.9 Å². The number of alkyl halides is 3. The molecule has 4 rings (SSSR count). The Morgan fingerprint density at radius 1 is 1.23 bits per heavy atom. The molecule has 31 heavy (non-hydrogen) atoms. The van der Waals surface area contributed by atoms with Crippen molar-refractivity contribution in [2.75, 3.05) is 36.9 Å². The smallest absolute Gasteiger partial charge is 0.421 e. The SMILES string of the molecule is O=C1OCCCN1CCCNc1nc(Nc2ccccc2C2CC2)ncc1C(F)(F)F. The van der Waals surface area contributed by atoms with Crippen molar-refractivity contribution in [2.24, 2.45) is 0 Å². The molecule has 2 fully saturated rings. The van der Waals surface area contributed by atoms with Crippen molar-refractivity contribution in [3.63, 3.8) is 0 Å². The first-order chi connectivity index (χ1) is 14.9. The molecule has 1 aliphatic heterocycles. The second-order valence-corrected chi connectivity index (χ2v) is 7.68. The minimum absolute atomic E-state index is 0.100. The molecular weight excluding hydrogens is 411 g/mol. The van der Waals surface area contributed by atoms with Crippen molar-refractivity contribution in [2.45, 2.75) is 37.8 Å². The van der Waals surface area contributed by atoms with E-state index in [2.05, 4.69) is 20.6 Å². The van der Waals surface area contributed by atoms with Gasteiger partial charge in [0.15, 0.2) is 0 Å². The van der Waals surface area contributed by atoms with E-state index < -0.39 is 11.7 Å². The fraction of sp³-hybridized carbons (Fsp3) is 0.476. The Morgan fingerprint density at radius 3 is 2.77 bits per heavy atom. The van der Waals surface area contributed by atoms with E-state index in [9.17, 15) is 18.0 Å². The van der Waals surface area contributed by atoms with Gasteiger partial charge in [-0.05, 0) is 43.2 Å². The number of anilines is 3. The van der Waals surface area contributed by atoms with Gasteiger partial charge in [0, 0.05) is 31.5 Å². The first kappa shape index (κ1) is 21.2. The number of aromatic nitrogens is 2. The summed E-state index contributed by atoms with van der Waals surface area (Å²) in [5.41, 5.74) is 0.999. The molecule has 2 N–H and O–H groups in total. The van der Waals surface area contributed by atoms with E-state index >= 15 is 0 Å². The largest absolute Gasteiger partial charge is 0.449 e. The molecule has 1 aliphatic carbocycles. The molecule has 2 heterocycles. The summed E-state index contributed by atoms with van der Waals surface area (Å²) in [5, 5.41) is 5.82. The van der Waals surface area contributed by atoms with Gasteiger partial charge in [0.25, 0.3) is 0 Å².